The second kappa shape index (κ2) is 15.3. The molecule has 0 radical (unpaired) electrons. The topological polar surface area (TPSA) is 122 Å². The summed E-state index contributed by atoms with van der Waals surface area (Å²) in [4.78, 5) is 45.9. The van der Waals surface area contributed by atoms with E-state index in [1.54, 1.807) is 13.8 Å². The third kappa shape index (κ3) is 11.8. The molecule has 2 unspecified atom stereocenters. The lowest BCUT2D eigenvalue weighted by Gasteiger charge is -2.44. The number of aldehydes is 1. The van der Waals surface area contributed by atoms with Gasteiger partial charge in [0.25, 0.3) is 5.91 Å². The molecular weight excluding hydrogens is 414 g/mol. The Hall–Kier alpha value is -2.52. The number of nitrogens with zero attached hydrogens (tertiary/aromatic N) is 1. The second-order valence-electron chi connectivity index (χ2n) is 8.56. The van der Waals surface area contributed by atoms with Crippen molar-refractivity contribution in [2.24, 2.45) is 0 Å². The first-order chi connectivity index (χ1) is 14.9. The lowest BCUT2D eigenvalue weighted by molar-refractivity contribution is -0.941. The van der Waals surface area contributed by atoms with Crippen molar-refractivity contribution in [3.05, 3.63) is 24.3 Å². The predicted octanol–water partition coefficient (Wildman–Crippen LogP) is 1.78. The van der Waals surface area contributed by atoms with Gasteiger partial charge in [-0.25, -0.2) is 4.79 Å². The van der Waals surface area contributed by atoms with E-state index in [-0.39, 0.29) is 35.6 Å². The highest BCUT2D eigenvalue weighted by Crippen LogP contribution is 2.22. The van der Waals surface area contributed by atoms with Crippen LogP contribution < -0.4 is 10.6 Å². The molecule has 32 heavy (non-hydrogen) atoms. The highest BCUT2D eigenvalue weighted by atomic mass is 16.5. The minimum absolute atomic E-state index is 0.0627. The number of esters is 1. The highest BCUT2D eigenvalue weighted by Gasteiger charge is 2.38. The Bertz CT molecular complexity index is 675. The Kier molecular flexibility index (Phi) is 14.1. The van der Waals surface area contributed by atoms with E-state index in [0.717, 1.165) is 6.29 Å². The molecule has 0 aliphatic rings. The number of hydrogen-bond acceptors (Lipinski definition) is 6. The molecule has 0 aliphatic heterocycles. The van der Waals surface area contributed by atoms with Gasteiger partial charge in [0.05, 0.1) is 27.1 Å². The third-order valence-corrected chi connectivity index (χ3v) is 5.37. The van der Waals surface area contributed by atoms with Crippen LogP contribution in [0.1, 0.15) is 52.4 Å². The number of carbonyl (C=O) groups excluding carboxylic acids is 3. The fraction of sp³-hybridized carbons (Fsp3) is 0.652. The maximum Gasteiger partial charge on any atom is 0.333 e. The van der Waals surface area contributed by atoms with Crippen LogP contribution >= 0.6 is 0 Å². The molecule has 0 rings (SSSR count). The molecule has 9 nitrogen and oxygen atoms in total. The Balaban J connectivity index is 5.03. The van der Waals surface area contributed by atoms with Gasteiger partial charge in [0, 0.05) is 37.0 Å². The summed E-state index contributed by atoms with van der Waals surface area (Å²) in [6.07, 6.45) is 3.12. The maximum atomic E-state index is 12.3. The van der Waals surface area contributed by atoms with Gasteiger partial charge in [-0.3, -0.25) is 9.59 Å². The van der Waals surface area contributed by atoms with Gasteiger partial charge < -0.3 is 29.8 Å². The minimum atomic E-state index is -0.917. The van der Waals surface area contributed by atoms with Crippen LogP contribution in [0.25, 0.3) is 0 Å². The summed E-state index contributed by atoms with van der Waals surface area (Å²) in [7, 11) is 3.80. The van der Waals surface area contributed by atoms with Crippen LogP contribution in [0.15, 0.2) is 24.3 Å². The number of rotatable bonds is 18. The summed E-state index contributed by atoms with van der Waals surface area (Å²) >= 11 is 0. The van der Waals surface area contributed by atoms with Gasteiger partial charge in [-0.15, -0.1) is 0 Å². The van der Waals surface area contributed by atoms with E-state index in [4.69, 9.17) is 4.74 Å². The Morgan fingerprint density at radius 3 is 2.25 bits per heavy atom. The number of unbranched alkanes of at least 4 members (excludes halogenated alkanes) is 1. The summed E-state index contributed by atoms with van der Waals surface area (Å²) in [5.41, 5.74) is 0.733. The smallest absolute Gasteiger partial charge is 0.333 e. The standard InChI is InChI=1S/C23H39N3O6/c1-17(2)22(30)25-20(11-13-24-12-9-15-32-23(31)18(3)4)26(5,6)19(16-21(28)29)10-7-8-14-27/h14,19-20,24H,1,3,7-13,15-16H2,2,4-6H3,(H-,25,28,29,30)/p+1. The SMILES string of the molecule is C=C(C)C(=O)NC(CCNCCCOC(=O)C(=C)C)[N+](C)(C)C(CCCC=O)CC(=O)O. The normalized spacial score (nSPS) is 13.0. The molecule has 0 aromatic rings. The molecule has 0 aromatic heterocycles. The molecule has 0 heterocycles. The zero-order chi connectivity index (χ0) is 24.7. The number of aliphatic carboxylic acids is 1. The summed E-state index contributed by atoms with van der Waals surface area (Å²) < 4.78 is 5.32. The summed E-state index contributed by atoms with van der Waals surface area (Å²) in [6.45, 7) is 11.9. The Morgan fingerprint density at radius 2 is 1.72 bits per heavy atom. The van der Waals surface area contributed by atoms with Gasteiger partial charge in [0.15, 0.2) is 6.17 Å². The number of nitrogens with one attached hydrogen (secondary N) is 2. The van der Waals surface area contributed by atoms with Crippen LogP contribution in [-0.4, -0.2) is 79.7 Å². The van der Waals surface area contributed by atoms with E-state index in [9.17, 15) is 24.3 Å². The number of ether oxygens (including phenoxy) is 1. The van der Waals surface area contributed by atoms with Crippen LogP contribution in [0.3, 0.4) is 0 Å². The lowest BCUT2D eigenvalue weighted by Crippen LogP contribution is -2.63. The fourth-order valence-electron chi connectivity index (χ4n) is 3.26. The monoisotopic (exact) mass is 454 g/mol. The third-order valence-electron chi connectivity index (χ3n) is 5.37. The molecule has 9 heteroatoms. The van der Waals surface area contributed by atoms with Gasteiger partial charge >= 0.3 is 11.9 Å². The van der Waals surface area contributed by atoms with Crippen molar-refractivity contribution in [2.45, 2.75) is 64.6 Å². The largest absolute Gasteiger partial charge is 0.481 e. The molecular formula is C23H40N3O6+. The molecule has 0 saturated carbocycles. The van der Waals surface area contributed by atoms with Crippen molar-refractivity contribution in [3.8, 4) is 0 Å². The first-order valence-electron chi connectivity index (χ1n) is 10.9. The van der Waals surface area contributed by atoms with Gasteiger partial charge in [-0.2, -0.15) is 0 Å². The van der Waals surface area contributed by atoms with Crippen molar-refractivity contribution in [3.63, 3.8) is 0 Å². The number of carboxylic acid groups (broad SMARTS) is 1. The molecule has 0 spiro atoms. The molecule has 182 valence electrons. The Labute approximate surface area is 191 Å². The van der Waals surface area contributed by atoms with Crippen molar-refractivity contribution in [1.29, 1.82) is 0 Å². The second-order valence-corrected chi connectivity index (χ2v) is 8.56. The van der Waals surface area contributed by atoms with Crippen LogP contribution in [0.5, 0.6) is 0 Å². The average Bonchev–Trinajstić information content (AvgIpc) is 2.70. The van der Waals surface area contributed by atoms with E-state index in [2.05, 4.69) is 23.8 Å². The number of carbonyl (C=O) groups is 4. The number of quaternary nitrogens is 1. The van der Waals surface area contributed by atoms with E-state index in [1.165, 1.54) is 0 Å². The summed E-state index contributed by atoms with van der Waals surface area (Å²) in [5.74, 6) is -1.61. The van der Waals surface area contributed by atoms with Crippen LogP contribution in [0.2, 0.25) is 0 Å². The first kappa shape index (κ1) is 29.5. The molecule has 1 amide bonds. The number of hydrogen-bond donors (Lipinski definition) is 3. The zero-order valence-corrected chi connectivity index (χ0v) is 19.9. The van der Waals surface area contributed by atoms with E-state index in [1.807, 2.05) is 14.1 Å². The minimum Gasteiger partial charge on any atom is -0.481 e. The number of carboxylic acids is 1. The predicted molar refractivity (Wildman–Crippen MR) is 123 cm³/mol. The number of amides is 1. The zero-order valence-electron chi connectivity index (χ0n) is 19.9. The molecule has 0 aliphatic carbocycles. The fourth-order valence-corrected chi connectivity index (χ4v) is 3.26. The molecule has 0 saturated heterocycles. The van der Waals surface area contributed by atoms with Crippen molar-refractivity contribution in [2.75, 3.05) is 33.8 Å². The molecule has 2 atom stereocenters. The van der Waals surface area contributed by atoms with Crippen LogP contribution in [-0.2, 0) is 23.9 Å². The lowest BCUT2D eigenvalue weighted by atomic mass is 10.0. The van der Waals surface area contributed by atoms with E-state index in [0.29, 0.717) is 56.3 Å². The molecule has 0 fully saturated rings. The van der Waals surface area contributed by atoms with Gasteiger partial charge in [0.1, 0.15) is 12.3 Å². The quantitative estimate of drug-likeness (QED) is 0.0721. The van der Waals surface area contributed by atoms with E-state index < -0.39 is 11.9 Å². The first-order valence-corrected chi connectivity index (χ1v) is 10.9. The molecule has 0 aromatic carbocycles. The molecule has 0 bridgehead atoms. The van der Waals surface area contributed by atoms with Gasteiger partial charge in [0.2, 0.25) is 0 Å². The highest BCUT2D eigenvalue weighted by molar-refractivity contribution is 5.92. The van der Waals surface area contributed by atoms with Crippen molar-refractivity contribution < 1.29 is 33.5 Å². The van der Waals surface area contributed by atoms with Crippen molar-refractivity contribution in [1.82, 2.24) is 10.6 Å². The van der Waals surface area contributed by atoms with Crippen LogP contribution in [0.4, 0.5) is 0 Å². The van der Waals surface area contributed by atoms with Crippen molar-refractivity contribution >= 4 is 24.1 Å². The van der Waals surface area contributed by atoms with Gasteiger partial charge in [-0.1, -0.05) is 13.2 Å². The van der Waals surface area contributed by atoms with Crippen LogP contribution in [0, 0.1) is 0 Å². The average molecular weight is 455 g/mol. The summed E-state index contributed by atoms with van der Waals surface area (Å²) in [6, 6.07) is -0.274. The molecule has 3 N–H and O–H groups in total. The Morgan fingerprint density at radius 1 is 1.06 bits per heavy atom. The van der Waals surface area contributed by atoms with E-state index >= 15 is 0 Å². The maximum absolute atomic E-state index is 12.3. The van der Waals surface area contributed by atoms with Gasteiger partial charge in [-0.05, 0) is 33.2 Å². The summed E-state index contributed by atoms with van der Waals surface area (Å²) in [5, 5.41) is 15.6.